The van der Waals surface area contributed by atoms with Crippen molar-refractivity contribution in [2.75, 3.05) is 70.4 Å². The number of anilines is 1. The summed E-state index contributed by atoms with van der Waals surface area (Å²) in [5, 5.41) is 3.48. The molecule has 1 N–H and O–H groups in total. The van der Waals surface area contributed by atoms with Gasteiger partial charge in [0, 0.05) is 58.2 Å². The average Bonchev–Trinajstić information content (AvgIpc) is 2.85. The van der Waals surface area contributed by atoms with E-state index in [9.17, 15) is 0 Å². The lowest BCUT2D eigenvalue weighted by molar-refractivity contribution is -0.00834. The normalized spacial score (nSPS) is 20.4. The molecule has 1 aromatic carbocycles. The molecule has 0 amide bonds. The van der Waals surface area contributed by atoms with Crippen LogP contribution >= 0.6 is 0 Å². The number of hydrogen-bond acceptors (Lipinski definition) is 6. The van der Waals surface area contributed by atoms with Gasteiger partial charge >= 0.3 is 0 Å². The van der Waals surface area contributed by atoms with Gasteiger partial charge in [-0.15, -0.1) is 0 Å². The Morgan fingerprint density at radius 1 is 1.09 bits per heavy atom. The number of guanidine groups is 1. The Bertz CT molecular complexity index is 868. The zero-order valence-electron chi connectivity index (χ0n) is 19.3. The first-order valence-corrected chi connectivity index (χ1v) is 11.7. The largest absolute Gasteiger partial charge is 0.370 e. The van der Waals surface area contributed by atoms with Crippen molar-refractivity contribution < 1.29 is 4.74 Å². The Kier molecular flexibility index (Phi) is 7.90. The van der Waals surface area contributed by atoms with Crippen LogP contribution in [0.15, 0.2) is 47.7 Å². The molecule has 2 saturated heterocycles. The minimum Gasteiger partial charge on any atom is -0.370 e. The number of aromatic nitrogens is 2. The minimum atomic E-state index is 0.0853. The van der Waals surface area contributed by atoms with Crippen molar-refractivity contribution in [3.05, 3.63) is 53.9 Å². The fourth-order valence-electron chi connectivity index (χ4n) is 4.33. The van der Waals surface area contributed by atoms with Crippen LogP contribution in [0.25, 0.3) is 0 Å². The fraction of sp³-hybridized carbons (Fsp3) is 0.542. The molecule has 2 aliphatic rings. The third-order valence-corrected chi connectivity index (χ3v) is 6.12. The Morgan fingerprint density at radius 2 is 1.88 bits per heavy atom. The molecule has 4 rings (SSSR count). The van der Waals surface area contributed by atoms with E-state index in [0.717, 1.165) is 70.8 Å². The predicted octanol–water partition coefficient (Wildman–Crippen LogP) is 1.95. The summed E-state index contributed by atoms with van der Waals surface area (Å²) < 4.78 is 6.10. The zero-order chi connectivity index (χ0) is 22.2. The molecule has 172 valence electrons. The van der Waals surface area contributed by atoms with Gasteiger partial charge in [-0.25, -0.2) is 9.97 Å². The van der Waals surface area contributed by atoms with E-state index in [1.54, 1.807) is 12.4 Å². The maximum absolute atomic E-state index is 6.10. The van der Waals surface area contributed by atoms with E-state index in [0.29, 0.717) is 6.61 Å². The molecule has 1 aromatic heterocycles. The lowest BCUT2D eigenvalue weighted by atomic mass is 10.0. The van der Waals surface area contributed by atoms with Gasteiger partial charge in [0.1, 0.15) is 6.10 Å². The van der Waals surface area contributed by atoms with E-state index in [4.69, 9.17) is 9.73 Å². The molecule has 1 unspecified atom stereocenters. The summed E-state index contributed by atoms with van der Waals surface area (Å²) in [6.45, 7) is 13.2. The van der Waals surface area contributed by atoms with Crippen molar-refractivity contribution in [2.45, 2.75) is 20.0 Å². The van der Waals surface area contributed by atoms with Crippen LogP contribution < -0.4 is 10.2 Å². The number of benzene rings is 1. The Hall–Kier alpha value is -2.71. The lowest BCUT2D eigenvalue weighted by Crippen LogP contribution is -2.49. The Morgan fingerprint density at radius 3 is 2.62 bits per heavy atom. The predicted molar refractivity (Wildman–Crippen MR) is 128 cm³/mol. The summed E-state index contributed by atoms with van der Waals surface area (Å²) in [6, 6.07) is 10.4. The first-order chi connectivity index (χ1) is 15.7. The van der Waals surface area contributed by atoms with Crippen molar-refractivity contribution in [3.8, 4) is 0 Å². The maximum Gasteiger partial charge on any atom is 0.225 e. The number of morpholine rings is 1. The van der Waals surface area contributed by atoms with Crippen LogP contribution in [-0.2, 0) is 4.74 Å². The maximum atomic E-state index is 6.10. The van der Waals surface area contributed by atoms with Crippen molar-refractivity contribution >= 4 is 11.9 Å². The molecule has 2 aliphatic heterocycles. The van der Waals surface area contributed by atoms with Gasteiger partial charge in [0.05, 0.1) is 19.7 Å². The monoisotopic (exact) mass is 437 g/mol. The highest BCUT2D eigenvalue weighted by atomic mass is 16.5. The topological polar surface area (TPSA) is 69.1 Å². The first-order valence-electron chi connectivity index (χ1n) is 11.7. The summed E-state index contributed by atoms with van der Waals surface area (Å²) >= 11 is 0. The molecule has 32 heavy (non-hydrogen) atoms. The van der Waals surface area contributed by atoms with Gasteiger partial charge in [-0.1, -0.05) is 24.3 Å². The molecule has 8 nitrogen and oxygen atoms in total. The third kappa shape index (κ3) is 5.75. The second-order valence-electron chi connectivity index (χ2n) is 8.28. The fourth-order valence-corrected chi connectivity index (χ4v) is 4.33. The van der Waals surface area contributed by atoms with Crippen LogP contribution in [0.5, 0.6) is 0 Å². The van der Waals surface area contributed by atoms with Gasteiger partial charge < -0.3 is 19.9 Å². The van der Waals surface area contributed by atoms with Crippen molar-refractivity contribution in [1.29, 1.82) is 0 Å². The highest BCUT2D eigenvalue weighted by Gasteiger charge is 2.25. The van der Waals surface area contributed by atoms with E-state index in [1.165, 1.54) is 11.1 Å². The molecule has 0 aliphatic carbocycles. The second-order valence-corrected chi connectivity index (χ2v) is 8.28. The number of piperazine rings is 1. The summed E-state index contributed by atoms with van der Waals surface area (Å²) in [6.07, 6.45) is 3.70. The molecular formula is C24H35N7O. The average molecular weight is 438 g/mol. The Labute approximate surface area is 191 Å². The first kappa shape index (κ1) is 22.5. The van der Waals surface area contributed by atoms with Gasteiger partial charge in [-0.05, 0) is 31.0 Å². The molecule has 0 bridgehead atoms. The van der Waals surface area contributed by atoms with Crippen LogP contribution in [-0.4, -0.2) is 91.2 Å². The van der Waals surface area contributed by atoms with E-state index >= 15 is 0 Å². The lowest BCUT2D eigenvalue weighted by Gasteiger charge is -2.36. The van der Waals surface area contributed by atoms with Crippen LogP contribution in [0.4, 0.5) is 5.95 Å². The number of aryl methyl sites for hydroxylation is 1. The van der Waals surface area contributed by atoms with Crippen molar-refractivity contribution in [2.24, 2.45) is 4.99 Å². The second kappa shape index (κ2) is 11.2. The number of aliphatic imine (C=N–C) groups is 1. The number of rotatable bonds is 6. The molecule has 8 heteroatoms. The highest BCUT2D eigenvalue weighted by Crippen LogP contribution is 2.25. The molecule has 2 aromatic rings. The molecule has 1 atom stereocenters. The molecule has 0 radical (unpaired) electrons. The van der Waals surface area contributed by atoms with Gasteiger partial charge in [-0.3, -0.25) is 9.89 Å². The van der Waals surface area contributed by atoms with Gasteiger partial charge in [0.2, 0.25) is 5.95 Å². The quantitative estimate of drug-likeness (QED) is 0.547. The number of nitrogens with zero attached hydrogens (tertiary/aromatic N) is 6. The highest BCUT2D eigenvalue weighted by molar-refractivity contribution is 5.80. The molecule has 0 spiro atoms. The summed E-state index contributed by atoms with van der Waals surface area (Å²) in [5.41, 5.74) is 2.55. The SMILES string of the molecule is CCNC(=NCCN1CCN(c2ncccn2)CC1)N1CCOC(c2ccccc2C)C1. The van der Waals surface area contributed by atoms with Crippen LogP contribution in [0.2, 0.25) is 0 Å². The molecule has 2 fully saturated rings. The molecule has 0 saturated carbocycles. The van der Waals surface area contributed by atoms with Crippen LogP contribution in [0, 0.1) is 6.92 Å². The van der Waals surface area contributed by atoms with Gasteiger partial charge in [-0.2, -0.15) is 0 Å². The third-order valence-electron chi connectivity index (χ3n) is 6.12. The summed E-state index contributed by atoms with van der Waals surface area (Å²) in [7, 11) is 0. The van der Waals surface area contributed by atoms with Crippen molar-refractivity contribution in [1.82, 2.24) is 25.1 Å². The Balaban J connectivity index is 1.30. The minimum absolute atomic E-state index is 0.0853. The van der Waals surface area contributed by atoms with Crippen LogP contribution in [0.1, 0.15) is 24.2 Å². The van der Waals surface area contributed by atoms with Gasteiger partial charge in [0.25, 0.3) is 0 Å². The number of nitrogens with one attached hydrogen (secondary N) is 1. The standard InChI is InChI=1S/C24H35N7O/c1-3-25-23(31-17-18-32-22(19-31)21-8-5-4-7-20(21)2)28-11-12-29-13-15-30(16-14-29)24-26-9-6-10-27-24/h4-10,22H,3,11-19H2,1-2H3,(H,25,28). The van der Waals surface area contributed by atoms with E-state index < -0.39 is 0 Å². The zero-order valence-corrected chi connectivity index (χ0v) is 19.3. The van der Waals surface area contributed by atoms with E-state index in [2.05, 4.69) is 68.1 Å². The molecular weight excluding hydrogens is 402 g/mol. The van der Waals surface area contributed by atoms with E-state index in [1.807, 2.05) is 6.07 Å². The summed E-state index contributed by atoms with van der Waals surface area (Å²) in [4.78, 5) is 20.8. The van der Waals surface area contributed by atoms with E-state index in [-0.39, 0.29) is 6.10 Å². The number of hydrogen-bond donors (Lipinski definition) is 1. The van der Waals surface area contributed by atoms with Gasteiger partial charge in [0.15, 0.2) is 5.96 Å². The number of ether oxygens (including phenoxy) is 1. The van der Waals surface area contributed by atoms with Crippen LogP contribution in [0.3, 0.4) is 0 Å². The smallest absolute Gasteiger partial charge is 0.225 e. The molecule has 3 heterocycles. The van der Waals surface area contributed by atoms with Crippen molar-refractivity contribution in [3.63, 3.8) is 0 Å². The summed E-state index contributed by atoms with van der Waals surface area (Å²) in [5.74, 6) is 1.82.